The monoisotopic (exact) mass is 577 g/mol. The van der Waals surface area contributed by atoms with Crippen molar-refractivity contribution in [3.63, 3.8) is 0 Å². The summed E-state index contributed by atoms with van der Waals surface area (Å²) in [5, 5.41) is 14.9. The third kappa shape index (κ3) is 9.69. The lowest BCUT2D eigenvalue weighted by molar-refractivity contribution is -0.137. The number of halogens is 1. The number of carbonyl (C=O) groups is 3. The van der Waals surface area contributed by atoms with Gasteiger partial charge in [-0.3, -0.25) is 19.6 Å². The van der Waals surface area contributed by atoms with Gasteiger partial charge in [0.05, 0.1) is 6.04 Å². The van der Waals surface area contributed by atoms with Crippen LogP contribution in [0.4, 0.5) is 4.39 Å². The number of nitrogens with one attached hydrogen (secondary N) is 3. The van der Waals surface area contributed by atoms with Crippen LogP contribution in [0.1, 0.15) is 64.1 Å². The molecule has 0 saturated heterocycles. The summed E-state index contributed by atoms with van der Waals surface area (Å²) < 4.78 is 20.3. The van der Waals surface area contributed by atoms with E-state index in [1.54, 1.807) is 41.9 Å². The second kappa shape index (κ2) is 15.1. The highest BCUT2D eigenvalue weighted by atomic mass is 19.1. The molecule has 0 aliphatic rings. The zero-order valence-corrected chi connectivity index (χ0v) is 24.5. The molecule has 0 unspecified atom stereocenters. The molecule has 4 N–H and O–H groups in total. The van der Waals surface area contributed by atoms with Crippen molar-refractivity contribution in [3.8, 4) is 11.5 Å². The van der Waals surface area contributed by atoms with Crippen molar-refractivity contribution in [2.75, 3.05) is 0 Å². The largest absolute Gasteiger partial charge is 0.454 e. The molecule has 0 aliphatic carbocycles. The summed E-state index contributed by atoms with van der Waals surface area (Å²) in [5.41, 5.74) is 2.59. The lowest BCUT2D eigenvalue weighted by atomic mass is 9.85. The van der Waals surface area contributed by atoms with Crippen molar-refractivity contribution < 1.29 is 28.7 Å². The van der Waals surface area contributed by atoms with E-state index < -0.39 is 35.0 Å². The molecule has 0 heterocycles. The predicted molar refractivity (Wildman–Crippen MR) is 158 cm³/mol. The standard InChI is InChI=1S/C33H40FN3O5/c1-22(24-13-7-5-8-14-24)35-32(40)30(33(2,3)4)36-31(39)25(21-29(38)37-41)15-11-12-23-18-19-28(27(34)20-23)42-26-16-9-6-10-17-26/h5-10,13-14,16-20,22,25,30,41H,11-12,15,21H2,1-4H3,(H,35,40)(H,36,39)(H,37,38)/t22-,25-,30-/m1/s1. The van der Waals surface area contributed by atoms with E-state index in [-0.39, 0.29) is 30.5 Å². The van der Waals surface area contributed by atoms with Crippen molar-refractivity contribution in [1.82, 2.24) is 16.1 Å². The molecule has 3 aromatic carbocycles. The van der Waals surface area contributed by atoms with Crippen LogP contribution in [0.25, 0.3) is 0 Å². The van der Waals surface area contributed by atoms with Crippen LogP contribution in [-0.2, 0) is 20.8 Å². The van der Waals surface area contributed by atoms with Crippen molar-refractivity contribution in [1.29, 1.82) is 0 Å². The highest BCUT2D eigenvalue weighted by Gasteiger charge is 2.35. The lowest BCUT2D eigenvalue weighted by Crippen LogP contribution is -2.55. The van der Waals surface area contributed by atoms with E-state index in [4.69, 9.17) is 9.94 Å². The fraction of sp³-hybridized carbons (Fsp3) is 0.364. The minimum absolute atomic E-state index is 0.106. The number of aryl methyl sites for hydroxylation is 1. The number of hydroxylamine groups is 1. The first-order chi connectivity index (χ1) is 20.0. The predicted octanol–water partition coefficient (Wildman–Crippen LogP) is 5.86. The van der Waals surface area contributed by atoms with Crippen LogP contribution in [0.3, 0.4) is 0 Å². The molecule has 0 spiro atoms. The van der Waals surface area contributed by atoms with Crippen molar-refractivity contribution in [2.24, 2.45) is 11.3 Å². The molecule has 3 rings (SSSR count). The molecular weight excluding hydrogens is 537 g/mol. The van der Waals surface area contributed by atoms with Crippen molar-refractivity contribution >= 4 is 17.7 Å². The van der Waals surface area contributed by atoms with Gasteiger partial charge in [-0.05, 0) is 67.0 Å². The van der Waals surface area contributed by atoms with Gasteiger partial charge in [0.15, 0.2) is 11.6 Å². The fourth-order valence-corrected chi connectivity index (χ4v) is 4.60. The van der Waals surface area contributed by atoms with E-state index in [1.807, 2.05) is 64.1 Å². The van der Waals surface area contributed by atoms with Crippen LogP contribution in [0, 0.1) is 17.2 Å². The number of para-hydroxylation sites is 1. The molecule has 0 radical (unpaired) electrons. The van der Waals surface area contributed by atoms with Gasteiger partial charge in [0, 0.05) is 12.3 Å². The molecule has 224 valence electrons. The van der Waals surface area contributed by atoms with Gasteiger partial charge in [0.25, 0.3) is 0 Å². The van der Waals surface area contributed by atoms with Crippen LogP contribution in [-0.4, -0.2) is 29.0 Å². The maximum absolute atomic E-state index is 14.7. The minimum atomic E-state index is -0.873. The van der Waals surface area contributed by atoms with E-state index in [0.717, 1.165) is 5.56 Å². The van der Waals surface area contributed by atoms with Gasteiger partial charge in [0.2, 0.25) is 17.7 Å². The van der Waals surface area contributed by atoms with Gasteiger partial charge in [-0.2, -0.15) is 0 Å². The molecule has 0 aromatic heterocycles. The molecule has 42 heavy (non-hydrogen) atoms. The summed E-state index contributed by atoms with van der Waals surface area (Å²) in [4.78, 5) is 38.7. The molecule has 3 amide bonds. The summed E-state index contributed by atoms with van der Waals surface area (Å²) in [6.07, 6.45) is 0.929. The Hall–Kier alpha value is -4.24. The molecule has 0 bridgehead atoms. The highest BCUT2D eigenvalue weighted by Crippen LogP contribution is 2.26. The Kier molecular flexibility index (Phi) is 11.6. The first-order valence-corrected chi connectivity index (χ1v) is 14.1. The van der Waals surface area contributed by atoms with E-state index >= 15 is 0 Å². The Labute approximate surface area is 246 Å². The van der Waals surface area contributed by atoms with Crippen LogP contribution in [0.5, 0.6) is 11.5 Å². The Morgan fingerprint density at radius 2 is 1.55 bits per heavy atom. The maximum Gasteiger partial charge on any atom is 0.244 e. The Balaban J connectivity index is 1.64. The lowest BCUT2D eigenvalue weighted by Gasteiger charge is -2.32. The van der Waals surface area contributed by atoms with Gasteiger partial charge in [-0.1, -0.05) is 75.4 Å². The van der Waals surface area contributed by atoms with E-state index in [1.165, 1.54) is 6.07 Å². The normalized spacial score (nSPS) is 13.4. The minimum Gasteiger partial charge on any atom is -0.454 e. The number of carbonyl (C=O) groups excluding carboxylic acids is 3. The zero-order valence-electron chi connectivity index (χ0n) is 24.5. The van der Waals surface area contributed by atoms with Crippen LogP contribution >= 0.6 is 0 Å². The van der Waals surface area contributed by atoms with Crippen molar-refractivity contribution in [3.05, 3.63) is 95.8 Å². The third-order valence-corrected chi connectivity index (χ3v) is 6.99. The number of rotatable bonds is 13. The molecular formula is C33H40FN3O5. The summed E-state index contributed by atoms with van der Waals surface area (Å²) in [6, 6.07) is 22.0. The number of hydrogen-bond donors (Lipinski definition) is 4. The number of benzene rings is 3. The molecule has 0 fully saturated rings. The Morgan fingerprint density at radius 3 is 2.14 bits per heavy atom. The molecule has 9 heteroatoms. The van der Waals surface area contributed by atoms with Crippen LogP contribution in [0.2, 0.25) is 0 Å². The summed E-state index contributed by atoms with van der Waals surface area (Å²) >= 11 is 0. The first kappa shape index (κ1) is 32.3. The number of ether oxygens (including phenoxy) is 1. The van der Waals surface area contributed by atoms with Crippen LogP contribution in [0.15, 0.2) is 78.9 Å². The molecule has 3 aromatic rings. The van der Waals surface area contributed by atoms with Crippen molar-refractivity contribution in [2.45, 2.75) is 65.5 Å². The van der Waals surface area contributed by atoms with E-state index in [9.17, 15) is 18.8 Å². The summed E-state index contributed by atoms with van der Waals surface area (Å²) in [7, 11) is 0. The topological polar surface area (TPSA) is 117 Å². The van der Waals surface area contributed by atoms with Gasteiger partial charge in [-0.25, -0.2) is 9.87 Å². The average Bonchev–Trinajstić information content (AvgIpc) is 2.96. The summed E-state index contributed by atoms with van der Waals surface area (Å²) in [5.74, 6) is -2.21. The quantitative estimate of drug-likeness (QED) is 0.150. The second-order valence-electron chi connectivity index (χ2n) is 11.5. The SMILES string of the molecule is C[C@@H](NC(=O)[C@@H](NC(=O)[C@H](CCCc1ccc(Oc2ccccc2)c(F)c1)CC(=O)NO)C(C)(C)C)c1ccccc1. The maximum atomic E-state index is 14.7. The molecule has 0 aliphatic heterocycles. The van der Waals surface area contributed by atoms with Gasteiger partial charge >= 0.3 is 0 Å². The van der Waals surface area contributed by atoms with Gasteiger partial charge in [0.1, 0.15) is 11.8 Å². The fourth-order valence-electron chi connectivity index (χ4n) is 4.60. The first-order valence-electron chi connectivity index (χ1n) is 14.1. The van der Waals surface area contributed by atoms with E-state index in [2.05, 4.69) is 10.6 Å². The Bertz CT molecular complexity index is 1330. The zero-order chi connectivity index (χ0) is 30.7. The van der Waals surface area contributed by atoms with Gasteiger partial charge in [-0.15, -0.1) is 0 Å². The second-order valence-corrected chi connectivity index (χ2v) is 11.5. The van der Waals surface area contributed by atoms with Gasteiger partial charge < -0.3 is 15.4 Å². The molecule has 3 atom stereocenters. The summed E-state index contributed by atoms with van der Waals surface area (Å²) in [6.45, 7) is 7.41. The smallest absolute Gasteiger partial charge is 0.244 e. The highest BCUT2D eigenvalue weighted by molar-refractivity contribution is 5.91. The number of amides is 3. The van der Waals surface area contributed by atoms with Crippen LogP contribution < -0.4 is 20.9 Å². The average molecular weight is 578 g/mol. The Morgan fingerprint density at radius 1 is 0.905 bits per heavy atom. The number of hydrogen-bond acceptors (Lipinski definition) is 5. The molecule has 0 saturated carbocycles. The van der Waals surface area contributed by atoms with E-state index in [0.29, 0.717) is 24.2 Å². The third-order valence-electron chi connectivity index (χ3n) is 6.99. The molecule has 8 nitrogen and oxygen atoms in total.